The van der Waals surface area contributed by atoms with Gasteiger partial charge in [0.05, 0.1) is 5.41 Å². The van der Waals surface area contributed by atoms with E-state index in [4.69, 9.17) is 4.74 Å². The molecule has 0 aromatic heterocycles. The van der Waals surface area contributed by atoms with Crippen molar-refractivity contribution in [1.82, 2.24) is 15.8 Å². The van der Waals surface area contributed by atoms with Crippen molar-refractivity contribution in [3.63, 3.8) is 0 Å². The Morgan fingerprint density at radius 1 is 1.03 bits per heavy atom. The second kappa shape index (κ2) is 11.5. The number of carbonyl (C=O) groups excluding carboxylic acids is 2. The van der Waals surface area contributed by atoms with Gasteiger partial charge in [-0.05, 0) is 48.4 Å². The number of hydrogen-bond donors (Lipinski definition) is 2. The Bertz CT molecular complexity index is 904. The van der Waals surface area contributed by atoms with Crippen LogP contribution in [0.4, 0.5) is 4.79 Å². The lowest BCUT2D eigenvalue weighted by atomic mass is 9.73. The maximum Gasteiger partial charge on any atom is 0.409 e. The molecule has 0 fully saturated rings. The number of halogens is 1. The van der Waals surface area contributed by atoms with Crippen molar-refractivity contribution in [3.8, 4) is 0 Å². The second-order valence-corrected chi connectivity index (χ2v) is 10.0. The predicted octanol–water partition coefficient (Wildman–Crippen LogP) is 5.03. The smallest absolute Gasteiger partial charge is 0.409 e. The zero-order valence-electron chi connectivity index (χ0n) is 19.6. The van der Waals surface area contributed by atoms with E-state index in [1.165, 1.54) is 0 Å². The van der Waals surface area contributed by atoms with Crippen molar-refractivity contribution in [1.29, 1.82) is 0 Å². The summed E-state index contributed by atoms with van der Waals surface area (Å²) in [5.74, 6) is -0.0930. The SMILES string of the molecule is CNNC(=O)C(C)(CCC(C)(C)CN(C)C(=O)OCc1ccccc1)c1cccc(Br)c1. The zero-order valence-corrected chi connectivity index (χ0v) is 21.2. The quantitative estimate of drug-likeness (QED) is 0.446. The highest BCUT2D eigenvalue weighted by Gasteiger charge is 2.37. The molecule has 0 saturated carbocycles. The molecule has 32 heavy (non-hydrogen) atoms. The molecule has 6 nitrogen and oxygen atoms in total. The van der Waals surface area contributed by atoms with Crippen LogP contribution < -0.4 is 10.9 Å². The minimum absolute atomic E-state index is 0.0930. The Hall–Kier alpha value is -2.38. The van der Waals surface area contributed by atoms with Gasteiger partial charge in [-0.1, -0.05) is 72.2 Å². The minimum atomic E-state index is -0.726. The predicted molar refractivity (Wildman–Crippen MR) is 131 cm³/mol. The van der Waals surface area contributed by atoms with E-state index in [0.717, 1.165) is 22.0 Å². The minimum Gasteiger partial charge on any atom is -0.445 e. The molecule has 7 heteroatoms. The zero-order chi connectivity index (χ0) is 23.8. The Morgan fingerprint density at radius 2 is 1.72 bits per heavy atom. The van der Waals surface area contributed by atoms with Crippen LogP contribution in [-0.2, 0) is 21.6 Å². The number of nitrogens with zero attached hydrogens (tertiary/aromatic N) is 1. The third-order valence-corrected chi connectivity index (χ3v) is 6.18. The second-order valence-electron chi connectivity index (χ2n) is 9.11. The van der Waals surface area contributed by atoms with Crippen molar-refractivity contribution < 1.29 is 14.3 Å². The summed E-state index contributed by atoms with van der Waals surface area (Å²) in [7, 11) is 3.43. The van der Waals surface area contributed by atoms with Gasteiger partial charge in [-0.15, -0.1) is 0 Å². The first-order valence-corrected chi connectivity index (χ1v) is 11.5. The molecule has 2 aromatic carbocycles. The molecule has 0 aliphatic rings. The molecule has 1 atom stereocenters. The van der Waals surface area contributed by atoms with E-state index in [1.807, 2.05) is 61.5 Å². The third kappa shape index (κ3) is 7.35. The van der Waals surface area contributed by atoms with Gasteiger partial charge in [-0.2, -0.15) is 0 Å². The Labute approximate surface area is 199 Å². The summed E-state index contributed by atoms with van der Waals surface area (Å²) in [6.45, 7) is 6.92. The Balaban J connectivity index is 2.02. The molecule has 0 radical (unpaired) electrons. The van der Waals surface area contributed by atoms with Crippen molar-refractivity contribution in [2.75, 3.05) is 20.6 Å². The summed E-state index contributed by atoms with van der Waals surface area (Å²) in [6.07, 6.45) is 1.00. The van der Waals surface area contributed by atoms with Gasteiger partial charge in [-0.3, -0.25) is 10.2 Å². The van der Waals surface area contributed by atoms with Gasteiger partial charge in [0.15, 0.2) is 0 Å². The van der Waals surface area contributed by atoms with Crippen LogP contribution in [0.2, 0.25) is 0 Å². The molecule has 0 bridgehead atoms. The topological polar surface area (TPSA) is 70.7 Å². The number of ether oxygens (including phenoxy) is 1. The van der Waals surface area contributed by atoms with Crippen LogP contribution in [0.1, 0.15) is 44.7 Å². The number of hydrogen-bond acceptors (Lipinski definition) is 4. The highest BCUT2D eigenvalue weighted by Crippen LogP contribution is 2.36. The third-order valence-electron chi connectivity index (χ3n) is 5.69. The molecule has 1 unspecified atom stereocenters. The maximum absolute atomic E-state index is 13.0. The summed E-state index contributed by atoms with van der Waals surface area (Å²) in [6, 6.07) is 17.5. The van der Waals surface area contributed by atoms with Gasteiger partial charge in [0.2, 0.25) is 5.91 Å². The summed E-state index contributed by atoms with van der Waals surface area (Å²) >= 11 is 3.51. The van der Waals surface area contributed by atoms with Crippen LogP contribution in [0.3, 0.4) is 0 Å². The number of rotatable bonds is 10. The van der Waals surface area contributed by atoms with Crippen LogP contribution in [0.5, 0.6) is 0 Å². The largest absolute Gasteiger partial charge is 0.445 e. The van der Waals surface area contributed by atoms with E-state index in [2.05, 4.69) is 40.6 Å². The summed E-state index contributed by atoms with van der Waals surface area (Å²) < 4.78 is 6.37. The average molecular weight is 504 g/mol. The van der Waals surface area contributed by atoms with Crippen LogP contribution in [0, 0.1) is 5.41 Å². The van der Waals surface area contributed by atoms with E-state index in [9.17, 15) is 9.59 Å². The highest BCUT2D eigenvalue weighted by molar-refractivity contribution is 9.10. The lowest BCUT2D eigenvalue weighted by Crippen LogP contribution is -2.48. The van der Waals surface area contributed by atoms with Gasteiger partial charge >= 0.3 is 6.09 Å². The number of hydrazine groups is 1. The average Bonchev–Trinajstić information content (AvgIpc) is 2.76. The van der Waals surface area contributed by atoms with Gasteiger partial charge in [0, 0.05) is 25.1 Å². The number of amides is 2. The van der Waals surface area contributed by atoms with Gasteiger partial charge in [0.1, 0.15) is 6.61 Å². The number of nitrogens with one attached hydrogen (secondary N) is 2. The van der Waals surface area contributed by atoms with Crippen LogP contribution >= 0.6 is 15.9 Å². The monoisotopic (exact) mass is 503 g/mol. The molecular formula is C25H34BrN3O3. The molecule has 0 aliphatic carbocycles. The van der Waals surface area contributed by atoms with Crippen LogP contribution in [0.25, 0.3) is 0 Å². The fraction of sp³-hybridized carbons (Fsp3) is 0.440. The highest BCUT2D eigenvalue weighted by atomic mass is 79.9. The summed E-state index contributed by atoms with van der Waals surface area (Å²) in [5, 5.41) is 0. The number of carbonyl (C=O) groups is 2. The molecular weight excluding hydrogens is 470 g/mol. The summed E-state index contributed by atoms with van der Waals surface area (Å²) in [5.41, 5.74) is 6.44. The van der Waals surface area contributed by atoms with Crippen molar-refractivity contribution in [3.05, 3.63) is 70.2 Å². The van der Waals surface area contributed by atoms with E-state index in [1.54, 1.807) is 19.0 Å². The molecule has 2 amide bonds. The molecule has 174 valence electrons. The van der Waals surface area contributed by atoms with Gasteiger partial charge < -0.3 is 9.64 Å². The number of benzene rings is 2. The first-order valence-electron chi connectivity index (χ1n) is 10.7. The molecule has 2 rings (SSSR count). The van der Waals surface area contributed by atoms with E-state index < -0.39 is 5.41 Å². The molecule has 0 spiro atoms. The van der Waals surface area contributed by atoms with E-state index in [0.29, 0.717) is 13.0 Å². The Kier molecular flexibility index (Phi) is 9.28. The Morgan fingerprint density at radius 3 is 2.34 bits per heavy atom. The van der Waals surface area contributed by atoms with Crippen molar-refractivity contribution >= 4 is 27.9 Å². The molecule has 2 N–H and O–H groups in total. The standard InChI is InChI=1S/C25H34BrN3O3/c1-24(2,18-29(5)23(31)32-17-19-10-7-6-8-11-19)14-15-25(3,22(30)28-27-4)20-12-9-13-21(26)16-20/h6-13,16,27H,14-15,17-18H2,1-5H3,(H,28,30). The van der Waals surface area contributed by atoms with Gasteiger partial charge in [0.25, 0.3) is 0 Å². The normalized spacial score (nSPS) is 13.2. The van der Waals surface area contributed by atoms with E-state index >= 15 is 0 Å². The lowest BCUT2D eigenvalue weighted by Gasteiger charge is -2.35. The van der Waals surface area contributed by atoms with Crippen molar-refractivity contribution in [2.24, 2.45) is 5.41 Å². The molecule has 0 heterocycles. The van der Waals surface area contributed by atoms with Crippen molar-refractivity contribution in [2.45, 2.75) is 45.6 Å². The summed E-state index contributed by atoms with van der Waals surface area (Å²) in [4.78, 5) is 27.0. The van der Waals surface area contributed by atoms with Crippen LogP contribution in [-0.4, -0.2) is 37.5 Å². The van der Waals surface area contributed by atoms with Crippen LogP contribution in [0.15, 0.2) is 59.1 Å². The first-order chi connectivity index (χ1) is 15.1. The molecule has 0 saturated heterocycles. The van der Waals surface area contributed by atoms with Gasteiger partial charge in [-0.25, -0.2) is 10.2 Å². The lowest BCUT2D eigenvalue weighted by molar-refractivity contribution is -0.127. The first kappa shape index (κ1) is 25.9. The van der Waals surface area contributed by atoms with E-state index in [-0.39, 0.29) is 24.0 Å². The molecule has 0 aliphatic heterocycles. The fourth-order valence-corrected chi connectivity index (χ4v) is 4.07. The fourth-order valence-electron chi connectivity index (χ4n) is 3.68. The molecule has 2 aromatic rings. The maximum atomic E-state index is 13.0.